The standard InChI is InChI=1S/C28H32N4O/c1-7-32-26-15-13-21(28(33)29-20(4)31(5)6)17-25(26)30-27(32)24-11-9-8-10-23(24)22-14-12-18(2)16-19(22)3/h8-17,20H,7H2,1-6H3,(H,29,33). The number of aryl methyl sites for hydroxylation is 3. The fourth-order valence-electron chi connectivity index (χ4n) is 4.23. The van der Waals surface area contributed by atoms with Gasteiger partial charge in [-0.15, -0.1) is 0 Å². The van der Waals surface area contributed by atoms with Crippen LogP contribution in [0.3, 0.4) is 0 Å². The Morgan fingerprint density at radius 2 is 1.73 bits per heavy atom. The summed E-state index contributed by atoms with van der Waals surface area (Å²) in [6, 6.07) is 20.8. The molecule has 0 radical (unpaired) electrons. The second kappa shape index (κ2) is 9.20. The van der Waals surface area contributed by atoms with Crippen LogP contribution in [0.2, 0.25) is 0 Å². The zero-order valence-electron chi connectivity index (χ0n) is 20.3. The number of rotatable bonds is 6. The minimum Gasteiger partial charge on any atom is -0.337 e. The number of nitrogens with zero attached hydrogens (tertiary/aromatic N) is 3. The SMILES string of the molecule is CCn1c(-c2ccccc2-c2ccc(C)cc2C)nc2cc(C(=O)NC(C)N(C)C)ccc21. The zero-order valence-corrected chi connectivity index (χ0v) is 20.3. The second-order valence-electron chi connectivity index (χ2n) is 8.86. The van der Waals surface area contributed by atoms with Crippen LogP contribution in [0, 0.1) is 13.8 Å². The maximum atomic E-state index is 12.8. The van der Waals surface area contributed by atoms with Gasteiger partial charge in [0.15, 0.2) is 0 Å². The summed E-state index contributed by atoms with van der Waals surface area (Å²) in [5, 5.41) is 3.02. The number of hydrogen-bond acceptors (Lipinski definition) is 3. The molecule has 4 rings (SSSR count). The fourth-order valence-corrected chi connectivity index (χ4v) is 4.23. The van der Waals surface area contributed by atoms with E-state index in [1.807, 2.05) is 44.1 Å². The second-order valence-corrected chi connectivity index (χ2v) is 8.86. The maximum Gasteiger partial charge on any atom is 0.252 e. The maximum absolute atomic E-state index is 12.8. The Kier molecular flexibility index (Phi) is 6.34. The molecule has 1 unspecified atom stereocenters. The van der Waals surface area contributed by atoms with Crippen molar-refractivity contribution in [2.24, 2.45) is 0 Å². The van der Waals surface area contributed by atoms with Crippen molar-refractivity contribution in [3.8, 4) is 22.5 Å². The van der Waals surface area contributed by atoms with Gasteiger partial charge in [-0.25, -0.2) is 4.98 Å². The molecule has 0 saturated carbocycles. The Morgan fingerprint density at radius 1 is 1.00 bits per heavy atom. The van der Waals surface area contributed by atoms with E-state index in [9.17, 15) is 4.79 Å². The number of hydrogen-bond donors (Lipinski definition) is 1. The molecule has 0 saturated heterocycles. The largest absolute Gasteiger partial charge is 0.337 e. The van der Waals surface area contributed by atoms with Gasteiger partial charge >= 0.3 is 0 Å². The minimum absolute atomic E-state index is 0.0541. The molecule has 3 aromatic carbocycles. The van der Waals surface area contributed by atoms with E-state index in [4.69, 9.17) is 4.98 Å². The number of carbonyl (C=O) groups is 1. The van der Waals surface area contributed by atoms with Gasteiger partial charge in [0.05, 0.1) is 17.2 Å². The topological polar surface area (TPSA) is 50.2 Å². The first-order chi connectivity index (χ1) is 15.8. The predicted octanol–water partition coefficient (Wildman–Crippen LogP) is 5.64. The normalized spacial score (nSPS) is 12.3. The number of carbonyl (C=O) groups excluding carboxylic acids is 1. The summed E-state index contributed by atoms with van der Waals surface area (Å²) >= 11 is 0. The van der Waals surface area contributed by atoms with E-state index in [1.165, 1.54) is 16.7 Å². The van der Waals surface area contributed by atoms with Crippen molar-refractivity contribution in [1.82, 2.24) is 19.8 Å². The van der Waals surface area contributed by atoms with E-state index in [-0.39, 0.29) is 12.1 Å². The molecule has 1 N–H and O–H groups in total. The molecular weight excluding hydrogens is 408 g/mol. The van der Waals surface area contributed by atoms with Crippen LogP contribution in [-0.4, -0.2) is 40.6 Å². The van der Waals surface area contributed by atoms with E-state index in [0.717, 1.165) is 34.5 Å². The lowest BCUT2D eigenvalue weighted by molar-refractivity contribution is 0.0900. The third-order valence-electron chi connectivity index (χ3n) is 6.28. The van der Waals surface area contributed by atoms with Crippen molar-refractivity contribution < 1.29 is 4.79 Å². The summed E-state index contributed by atoms with van der Waals surface area (Å²) in [5.41, 5.74) is 8.44. The number of fused-ring (bicyclic) bond motifs is 1. The smallest absolute Gasteiger partial charge is 0.252 e. The molecule has 1 atom stereocenters. The van der Waals surface area contributed by atoms with Crippen LogP contribution in [0.4, 0.5) is 0 Å². The molecule has 0 aliphatic rings. The van der Waals surface area contributed by atoms with Gasteiger partial charge in [-0.3, -0.25) is 9.69 Å². The zero-order chi connectivity index (χ0) is 23.7. The number of benzene rings is 3. The highest BCUT2D eigenvalue weighted by molar-refractivity contribution is 5.98. The molecule has 0 aliphatic carbocycles. The van der Waals surface area contributed by atoms with Crippen LogP contribution in [0.15, 0.2) is 60.7 Å². The average molecular weight is 441 g/mol. The highest BCUT2D eigenvalue weighted by Gasteiger charge is 2.18. The highest BCUT2D eigenvalue weighted by atomic mass is 16.1. The number of aromatic nitrogens is 2. The third-order valence-corrected chi connectivity index (χ3v) is 6.28. The first-order valence-electron chi connectivity index (χ1n) is 11.4. The molecule has 0 bridgehead atoms. The van der Waals surface area contributed by atoms with Crippen LogP contribution < -0.4 is 5.32 Å². The molecule has 0 fully saturated rings. The van der Waals surface area contributed by atoms with Gasteiger partial charge in [-0.1, -0.05) is 48.0 Å². The van der Waals surface area contributed by atoms with Crippen LogP contribution in [0.5, 0.6) is 0 Å². The minimum atomic E-state index is -0.0959. The summed E-state index contributed by atoms with van der Waals surface area (Å²) < 4.78 is 2.22. The summed E-state index contributed by atoms with van der Waals surface area (Å²) in [6.45, 7) is 9.15. The lowest BCUT2D eigenvalue weighted by atomic mass is 9.94. The van der Waals surface area contributed by atoms with E-state index < -0.39 is 0 Å². The molecule has 0 aliphatic heterocycles. The first-order valence-corrected chi connectivity index (χ1v) is 11.4. The Labute approximate surface area is 196 Å². The van der Waals surface area contributed by atoms with Crippen molar-refractivity contribution in [2.45, 2.75) is 40.4 Å². The fraction of sp³-hybridized carbons (Fsp3) is 0.286. The quantitative estimate of drug-likeness (QED) is 0.395. The molecule has 33 heavy (non-hydrogen) atoms. The van der Waals surface area contributed by atoms with Gasteiger partial charge in [0.2, 0.25) is 0 Å². The van der Waals surface area contributed by atoms with Crippen molar-refractivity contribution in [1.29, 1.82) is 0 Å². The highest BCUT2D eigenvalue weighted by Crippen LogP contribution is 2.35. The Morgan fingerprint density at radius 3 is 2.39 bits per heavy atom. The Balaban J connectivity index is 1.82. The lowest BCUT2D eigenvalue weighted by Gasteiger charge is -2.20. The van der Waals surface area contributed by atoms with Gasteiger partial charge in [-0.2, -0.15) is 0 Å². The van der Waals surface area contributed by atoms with Crippen LogP contribution in [0.25, 0.3) is 33.5 Å². The van der Waals surface area contributed by atoms with Crippen molar-refractivity contribution >= 4 is 16.9 Å². The van der Waals surface area contributed by atoms with E-state index in [2.05, 4.69) is 73.1 Å². The van der Waals surface area contributed by atoms with Crippen LogP contribution in [-0.2, 0) is 6.54 Å². The summed E-state index contributed by atoms with van der Waals surface area (Å²) in [4.78, 5) is 19.7. The predicted molar refractivity (Wildman–Crippen MR) is 136 cm³/mol. The third kappa shape index (κ3) is 4.41. The summed E-state index contributed by atoms with van der Waals surface area (Å²) in [5.74, 6) is 0.823. The van der Waals surface area contributed by atoms with Crippen LogP contribution in [0.1, 0.15) is 35.3 Å². The molecule has 170 valence electrons. The molecule has 5 nitrogen and oxygen atoms in total. The molecule has 4 aromatic rings. The summed E-state index contributed by atoms with van der Waals surface area (Å²) in [7, 11) is 3.88. The van der Waals surface area contributed by atoms with Crippen molar-refractivity contribution in [3.05, 3.63) is 77.4 Å². The van der Waals surface area contributed by atoms with E-state index >= 15 is 0 Å². The Bertz CT molecular complexity index is 1320. The average Bonchev–Trinajstić information content (AvgIpc) is 3.16. The molecular formula is C28H32N4O. The van der Waals surface area contributed by atoms with E-state index in [1.54, 1.807) is 0 Å². The number of imidazole rings is 1. The molecule has 0 spiro atoms. The number of amides is 1. The van der Waals surface area contributed by atoms with Gasteiger partial charge in [0.25, 0.3) is 5.91 Å². The first kappa shape index (κ1) is 22.7. The lowest BCUT2D eigenvalue weighted by Crippen LogP contribution is -2.42. The van der Waals surface area contributed by atoms with Crippen molar-refractivity contribution in [3.63, 3.8) is 0 Å². The van der Waals surface area contributed by atoms with Gasteiger partial charge in [-0.05, 0) is 76.7 Å². The number of nitrogens with one attached hydrogen (secondary N) is 1. The molecule has 1 amide bonds. The van der Waals surface area contributed by atoms with Crippen molar-refractivity contribution in [2.75, 3.05) is 14.1 Å². The summed E-state index contributed by atoms with van der Waals surface area (Å²) in [6.07, 6.45) is -0.0541. The molecule has 5 heteroatoms. The van der Waals surface area contributed by atoms with Gasteiger partial charge in [0.1, 0.15) is 5.82 Å². The van der Waals surface area contributed by atoms with E-state index in [0.29, 0.717) is 5.56 Å². The molecule has 1 heterocycles. The Hall–Kier alpha value is -3.44. The molecule has 1 aromatic heterocycles. The van der Waals surface area contributed by atoms with Crippen LogP contribution >= 0.6 is 0 Å². The van der Waals surface area contributed by atoms with Gasteiger partial charge < -0.3 is 9.88 Å². The van der Waals surface area contributed by atoms with Gasteiger partial charge in [0, 0.05) is 17.7 Å². The monoisotopic (exact) mass is 440 g/mol.